The van der Waals surface area contributed by atoms with E-state index in [0.29, 0.717) is 6.42 Å². The highest BCUT2D eigenvalue weighted by Crippen LogP contribution is 2.07. The third-order valence-electron chi connectivity index (χ3n) is 3.09. The lowest BCUT2D eigenvalue weighted by atomic mass is 10.1. The fourth-order valence-electron chi connectivity index (χ4n) is 1.87. The zero-order chi connectivity index (χ0) is 14.9. The first-order valence-corrected chi connectivity index (χ1v) is 7.97. The number of hydrogen-bond acceptors (Lipinski definition) is 1. The Morgan fingerprint density at radius 1 is 0.800 bits per heavy atom. The minimum atomic E-state index is -0.677. The summed E-state index contributed by atoms with van der Waals surface area (Å²) in [6.45, 7) is 2.21. The molecule has 2 heteroatoms. The third-order valence-corrected chi connectivity index (χ3v) is 3.09. The Kier molecular flexibility index (Phi) is 14.7. The van der Waals surface area contributed by atoms with Crippen LogP contribution in [0.15, 0.2) is 36.5 Å². The highest BCUT2D eigenvalue weighted by Gasteiger charge is 1.95. The summed E-state index contributed by atoms with van der Waals surface area (Å²) in [4.78, 5) is 10.3. The molecule has 1 N–H and O–H groups in total. The van der Waals surface area contributed by atoms with Gasteiger partial charge in [0.05, 0.1) is 0 Å². The molecule has 0 amide bonds. The second-order valence-corrected chi connectivity index (χ2v) is 5.08. The predicted molar refractivity (Wildman–Crippen MR) is 86.9 cm³/mol. The number of hydrogen-bond donors (Lipinski definition) is 1. The van der Waals surface area contributed by atoms with Gasteiger partial charge < -0.3 is 5.11 Å². The van der Waals surface area contributed by atoms with Crippen LogP contribution < -0.4 is 0 Å². The van der Waals surface area contributed by atoms with Gasteiger partial charge in [0, 0.05) is 6.42 Å². The monoisotopic (exact) mass is 278 g/mol. The van der Waals surface area contributed by atoms with Gasteiger partial charge in [-0.05, 0) is 25.7 Å². The number of aliphatic carboxylic acids is 1. The van der Waals surface area contributed by atoms with Crippen LogP contribution in [0.25, 0.3) is 0 Å². The van der Waals surface area contributed by atoms with Crippen LogP contribution in [0.5, 0.6) is 0 Å². The molecule has 0 aliphatic heterocycles. The maximum absolute atomic E-state index is 10.3. The molecule has 114 valence electrons. The largest absolute Gasteiger partial charge is 0.481 e. The van der Waals surface area contributed by atoms with Crippen LogP contribution in [-0.2, 0) is 4.79 Å². The second kappa shape index (κ2) is 15.7. The Balaban J connectivity index is 3.29. The summed E-state index contributed by atoms with van der Waals surface area (Å²) in [6, 6.07) is 0. The van der Waals surface area contributed by atoms with Crippen LogP contribution in [0, 0.1) is 0 Å². The van der Waals surface area contributed by atoms with Crippen LogP contribution in [0.1, 0.15) is 71.1 Å². The maximum atomic E-state index is 10.3. The lowest BCUT2D eigenvalue weighted by molar-refractivity contribution is -0.137. The van der Waals surface area contributed by atoms with E-state index < -0.39 is 5.97 Å². The third kappa shape index (κ3) is 16.7. The molecule has 0 fully saturated rings. The molecule has 2 nitrogen and oxygen atoms in total. The number of carboxylic acid groups (broad SMARTS) is 1. The first kappa shape index (κ1) is 18.7. The van der Waals surface area contributed by atoms with E-state index in [1.807, 2.05) is 0 Å². The minimum Gasteiger partial charge on any atom is -0.481 e. The van der Waals surface area contributed by atoms with E-state index in [1.54, 1.807) is 0 Å². The molecule has 0 aliphatic rings. The van der Waals surface area contributed by atoms with Crippen molar-refractivity contribution in [2.75, 3.05) is 0 Å². The lowest BCUT2D eigenvalue weighted by Crippen LogP contribution is -1.93. The van der Waals surface area contributed by atoms with Gasteiger partial charge in [-0.15, -0.1) is 0 Å². The summed E-state index contributed by atoms with van der Waals surface area (Å²) in [5, 5.41) is 8.50. The van der Waals surface area contributed by atoms with Crippen molar-refractivity contribution in [1.82, 2.24) is 0 Å². The Labute approximate surface area is 124 Å². The van der Waals surface area contributed by atoms with E-state index in [2.05, 4.69) is 43.4 Å². The first-order valence-electron chi connectivity index (χ1n) is 7.97. The molecule has 0 saturated heterocycles. The summed E-state index contributed by atoms with van der Waals surface area (Å²) in [5.74, 6) is -0.677. The average molecular weight is 278 g/mol. The quantitative estimate of drug-likeness (QED) is 0.348. The van der Waals surface area contributed by atoms with Crippen molar-refractivity contribution in [2.45, 2.75) is 71.1 Å². The van der Waals surface area contributed by atoms with E-state index >= 15 is 0 Å². The van der Waals surface area contributed by atoms with Gasteiger partial charge >= 0.3 is 5.97 Å². The zero-order valence-electron chi connectivity index (χ0n) is 12.9. The molecule has 0 aliphatic carbocycles. The van der Waals surface area contributed by atoms with Crippen molar-refractivity contribution in [1.29, 1.82) is 0 Å². The second-order valence-electron chi connectivity index (χ2n) is 5.08. The molecule has 0 aromatic heterocycles. The molecule has 0 unspecified atom stereocenters. The van der Waals surface area contributed by atoms with Crippen molar-refractivity contribution < 1.29 is 9.90 Å². The standard InChI is InChI=1S/C18H30O2/c1-2-3-4-5-6-7-8-9-10-11-12-13-14-15-16-17-18(19)20/h5-10H,2-4,11-17H2,1H3,(H,19,20)/b6-5?,8-7+,10-9-. The Morgan fingerprint density at radius 2 is 1.35 bits per heavy atom. The van der Waals surface area contributed by atoms with Gasteiger partial charge in [0.25, 0.3) is 0 Å². The van der Waals surface area contributed by atoms with Crippen molar-refractivity contribution in [2.24, 2.45) is 0 Å². The molecule has 0 spiro atoms. The van der Waals surface area contributed by atoms with E-state index in [0.717, 1.165) is 25.7 Å². The van der Waals surface area contributed by atoms with Crippen LogP contribution in [0.2, 0.25) is 0 Å². The number of carbonyl (C=O) groups is 1. The van der Waals surface area contributed by atoms with Gasteiger partial charge in [0.2, 0.25) is 0 Å². The van der Waals surface area contributed by atoms with Crippen LogP contribution >= 0.6 is 0 Å². The van der Waals surface area contributed by atoms with Crippen LogP contribution in [0.3, 0.4) is 0 Å². The van der Waals surface area contributed by atoms with Gasteiger partial charge in [-0.2, -0.15) is 0 Å². The highest BCUT2D eigenvalue weighted by molar-refractivity contribution is 5.66. The van der Waals surface area contributed by atoms with E-state index in [1.165, 1.54) is 32.1 Å². The molecule has 0 bridgehead atoms. The predicted octanol–water partition coefficient (Wildman–Crippen LogP) is 5.66. The van der Waals surface area contributed by atoms with Gasteiger partial charge in [0.1, 0.15) is 0 Å². The maximum Gasteiger partial charge on any atom is 0.303 e. The summed E-state index contributed by atoms with van der Waals surface area (Å²) < 4.78 is 0. The van der Waals surface area contributed by atoms with E-state index in [4.69, 9.17) is 5.11 Å². The Hall–Kier alpha value is -1.31. The van der Waals surface area contributed by atoms with Crippen molar-refractivity contribution in [3.8, 4) is 0 Å². The molecule has 0 rings (SSSR count). The van der Waals surface area contributed by atoms with Gasteiger partial charge in [0.15, 0.2) is 0 Å². The molecule has 0 aromatic carbocycles. The summed E-state index contributed by atoms with van der Waals surface area (Å²) >= 11 is 0. The Bertz CT molecular complexity index is 301. The fraction of sp³-hybridized carbons (Fsp3) is 0.611. The van der Waals surface area contributed by atoms with Gasteiger partial charge in [-0.25, -0.2) is 0 Å². The number of rotatable bonds is 13. The Morgan fingerprint density at radius 3 is 1.95 bits per heavy atom. The zero-order valence-corrected chi connectivity index (χ0v) is 12.9. The highest BCUT2D eigenvalue weighted by atomic mass is 16.4. The molecule has 0 atom stereocenters. The molecule has 0 aromatic rings. The molecule has 0 heterocycles. The molecular weight excluding hydrogens is 248 g/mol. The van der Waals surface area contributed by atoms with Crippen molar-refractivity contribution in [3.63, 3.8) is 0 Å². The summed E-state index contributed by atoms with van der Waals surface area (Å²) in [5.41, 5.74) is 0. The summed E-state index contributed by atoms with van der Waals surface area (Å²) in [6.07, 6.45) is 23.3. The normalized spacial score (nSPS) is 12.1. The van der Waals surface area contributed by atoms with Crippen LogP contribution in [-0.4, -0.2) is 11.1 Å². The van der Waals surface area contributed by atoms with Gasteiger partial charge in [-0.1, -0.05) is 75.5 Å². The minimum absolute atomic E-state index is 0.316. The topological polar surface area (TPSA) is 37.3 Å². The first-order chi connectivity index (χ1) is 9.77. The number of allylic oxidation sites excluding steroid dienone is 6. The average Bonchev–Trinajstić information content (AvgIpc) is 2.43. The smallest absolute Gasteiger partial charge is 0.303 e. The lowest BCUT2D eigenvalue weighted by Gasteiger charge is -1.97. The molecule has 0 radical (unpaired) electrons. The van der Waals surface area contributed by atoms with Crippen molar-refractivity contribution in [3.05, 3.63) is 36.5 Å². The van der Waals surface area contributed by atoms with E-state index in [-0.39, 0.29) is 0 Å². The number of unbranched alkanes of at least 4 members (excludes halogenated alkanes) is 7. The molecule has 0 saturated carbocycles. The summed E-state index contributed by atoms with van der Waals surface area (Å²) in [7, 11) is 0. The van der Waals surface area contributed by atoms with E-state index in [9.17, 15) is 4.79 Å². The van der Waals surface area contributed by atoms with Crippen molar-refractivity contribution >= 4 is 5.97 Å². The van der Waals surface area contributed by atoms with Gasteiger partial charge in [-0.3, -0.25) is 4.79 Å². The molecule has 20 heavy (non-hydrogen) atoms. The fourth-order valence-corrected chi connectivity index (χ4v) is 1.87. The van der Waals surface area contributed by atoms with Crippen LogP contribution in [0.4, 0.5) is 0 Å². The molecular formula is C18H30O2. The SMILES string of the molecule is CCCCC=C/C=C/C=C\CCCCCCCC(=O)O. The number of carboxylic acids is 1.